The average Bonchev–Trinajstić information content (AvgIpc) is 2.65. The summed E-state index contributed by atoms with van der Waals surface area (Å²) in [6, 6.07) is 18.6. The van der Waals surface area contributed by atoms with Crippen LogP contribution in [0.25, 0.3) is 0 Å². The van der Waals surface area contributed by atoms with Crippen LogP contribution >= 0.6 is 15.9 Å². The van der Waals surface area contributed by atoms with E-state index in [1.807, 2.05) is 60.7 Å². The van der Waals surface area contributed by atoms with Gasteiger partial charge in [-0.1, -0.05) is 60.7 Å². The van der Waals surface area contributed by atoms with E-state index in [9.17, 15) is 13.2 Å². The first kappa shape index (κ1) is 18.6. The Morgan fingerprint density at radius 1 is 0.846 bits per heavy atom. The van der Waals surface area contributed by atoms with E-state index >= 15 is 0 Å². The Hall–Kier alpha value is -2.22. The zero-order valence-corrected chi connectivity index (χ0v) is 16.2. The largest absolute Gasteiger partial charge is 0.365 e. The van der Waals surface area contributed by atoms with E-state index in [0.29, 0.717) is 0 Å². The first-order valence-electron chi connectivity index (χ1n) is 7.93. The Balaban J connectivity index is 2.03. The van der Waals surface area contributed by atoms with Crippen molar-refractivity contribution in [3.63, 3.8) is 0 Å². The molecule has 0 spiro atoms. The SMILES string of the molecule is O=c1c(Br)c[nH]cc1S(=O)(=O)N(Cc1ccccc1)Cc1ccccc1. The zero-order chi connectivity index (χ0) is 18.6. The normalized spacial score (nSPS) is 11.6. The van der Waals surface area contributed by atoms with Gasteiger partial charge in [-0.3, -0.25) is 4.79 Å². The fourth-order valence-corrected chi connectivity index (χ4v) is 4.52. The predicted molar refractivity (Wildman–Crippen MR) is 104 cm³/mol. The van der Waals surface area contributed by atoms with E-state index in [0.717, 1.165) is 11.1 Å². The van der Waals surface area contributed by atoms with E-state index in [4.69, 9.17) is 0 Å². The van der Waals surface area contributed by atoms with Gasteiger partial charge in [0, 0.05) is 25.5 Å². The summed E-state index contributed by atoms with van der Waals surface area (Å²) in [5.41, 5.74) is 1.13. The third-order valence-corrected chi connectivity index (χ3v) is 6.27. The molecule has 1 N–H and O–H groups in total. The van der Waals surface area contributed by atoms with Gasteiger partial charge in [0.15, 0.2) is 0 Å². The molecule has 3 rings (SSSR count). The highest BCUT2D eigenvalue weighted by molar-refractivity contribution is 9.10. The Morgan fingerprint density at radius 3 is 1.85 bits per heavy atom. The van der Waals surface area contributed by atoms with Crippen LogP contribution in [-0.2, 0) is 23.1 Å². The molecule has 0 saturated carbocycles. The number of benzene rings is 2. The molecule has 0 fully saturated rings. The molecule has 134 valence electrons. The lowest BCUT2D eigenvalue weighted by Gasteiger charge is -2.22. The van der Waals surface area contributed by atoms with Crippen LogP contribution in [0.5, 0.6) is 0 Å². The second kappa shape index (κ2) is 7.99. The van der Waals surface area contributed by atoms with Crippen LogP contribution < -0.4 is 5.43 Å². The molecule has 0 aliphatic carbocycles. The maximum atomic E-state index is 13.2. The molecule has 0 radical (unpaired) electrons. The van der Waals surface area contributed by atoms with Crippen LogP contribution in [0.3, 0.4) is 0 Å². The number of hydrogen-bond donors (Lipinski definition) is 1. The van der Waals surface area contributed by atoms with Crippen molar-refractivity contribution >= 4 is 26.0 Å². The molecule has 26 heavy (non-hydrogen) atoms. The molecule has 3 aromatic rings. The molecule has 1 heterocycles. The van der Waals surface area contributed by atoms with Crippen LogP contribution in [0, 0.1) is 0 Å². The van der Waals surface area contributed by atoms with Crippen molar-refractivity contribution in [2.75, 3.05) is 0 Å². The van der Waals surface area contributed by atoms with Gasteiger partial charge < -0.3 is 4.98 Å². The minimum absolute atomic E-state index is 0.171. The van der Waals surface area contributed by atoms with Crippen LogP contribution in [0.4, 0.5) is 0 Å². The standard InChI is InChI=1S/C19H17BrN2O3S/c20-17-11-21-12-18(19(17)23)26(24,25)22(13-15-7-3-1-4-8-15)14-16-9-5-2-6-10-16/h1-12H,13-14H2,(H,21,23). The smallest absolute Gasteiger partial charge is 0.249 e. The number of nitrogens with zero attached hydrogens (tertiary/aromatic N) is 1. The molecule has 2 aromatic carbocycles. The van der Waals surface area contributed by atoms with E-state index < -0.39 is 15.5 Å². The molecule has 0 saturated heterocycles. The molecule has 0 unspecified atom stereocenters. The van der Waals surface area contributed by atoms with E-state index in [-0.39, 0.29) is 22.5 Å². The van der Waals surface area contributed by atoms with Gasteiger partial charge in [-0.15, -0.1) is 0 Å². The summed E-state index contributed by atoms with van der Waals surface area (Å²) in [5.74, 6) is 0. The van der Waals surface area contributed by atoms with Crippen molar-refractivity contribution in [1.82, 2.24) is 9.29 Å². The third-order valence-electron chi connectivity index (χ3n) is 3.89. The number of hydrogen-bond acceptors (Lipinski definition) is 3. The Morgan fingerprint density at radius 2 is 1.35 bits per heavy atom. The van der Waals surface area contributed by atoms with Crippen LogP contribution in [0.2, 0.25) is 0 Å². The van der Waals surface area contributed by atoms with Crippen molar-refractivity contribution in [2.24, 2.45) is 0 Å². The summed E-state index contributed by atoms with van der Waals surface area (Å²) >= 11 is 3.09. The number of pyridine rings is 1. The number of aromatic amines is 1. The van der Waals surface area contributed by atoms with Crippen molar-refractivity contribution in [3.05, 3.63) is 98.9 Å². The highest BCUT2D eigenvalue weighted by Crippen LogP contribution is 2.19. The number of H-pyrrole nitrogens is 1. The number of sulfonamides is 1. The molecule has 5 nitrogen and oxygen atoms in total. The molecule has 0 aliphatic heterocycles. The summed E-state index contributed by atoms with van der Waals surface area (Å²) in [4.78, 5) is 14.8. The Labute approximate surface area is 160 Å². The predicted octanol–water partition coefficient (Wildman–Crippen LogP) is 3.53. The second-order valence-electron chi connectivity index (χ2n) is 5.74. The van der Waals surface area contributed by atoms with Crippen molar-refractivity contribution < 1.29 is 8.42 Å². The van der Waals surface area contributed by atoms with E-state index in [2.05, 4.69) is 20.9 Å². The number of aromatic nitrogens is 1. The minimum Gasteiger partial charge on any atom is -0.365 e. The molecule has 1 aromatic heterocycles. The zero-order valence-electron chi connectivity index (χ0n) is 13.8. The van der Waals surface area contributed by atoms with Gasteiger partial charge in [0.25, 0.3) is 0 Å². The molecule has 0 aliphatic rings. The highest BCUT2D eigenvalue weighted by atomic mass is 79.9. The maximum absolute atomic E-state index is 13.2. The topological polar surface area (TPSA) is 70.2 Å². The molecule has 0 amide bonds. The Bertz CT molecular complexity index is 994. The summed E-state index contributed by atoms with van der Waals surface area (Å²) in [7, 11) is -3.99. The fraction of sp³-hybridized carbons (Fsp3) is 0.105. The quantitative estimate of drug-likeness (QED) is 0.647. The van der Waals surface area contributed by atoms with Crippen LogP contribution in [0.15, 0.2) is 87.2 Å². The van der Waals surface area contributed by atoms with Gasteiger partial charge in [-0.25, -0.2) is 8.42 Å². The molecule has 0 atom stereocenters. The first-order valence-corrected chi connectivity index (χ1v) is 10.2. The lowest BCUT2D eigenvalue weighted by Crippen LogP contribution is -2.33. The molecule has 0 bridgehead atoms. The summed E-state index contributed by atoms with van der Waals surface area (Å²) < 4.78 is 27.9. The van der Waals surface area contributed by atoms with Gasteiger partial charge in [-0.2, -0.15) is 4.31 Å². The van der Waals surface area contributed by atoms with Gasteiger partial charge in [-0.05, 0) is 27.1 Å². The van der Waals surface area contributed by atoms with Crippen molar-refractivity contribution in [1.29, 1.82) is 0 Å². The fourth-order valence-electron chi connectivity index (χ4n) is 2.57. The van der Waals surface area contributed by atoms with Gasteiger partial charge in [0.1, 0.15) is 4.90 Å². The maximum Gasteiger partial charge on any atom is 0.249 e. The number of halogens is 1. The van der Waals surface area contributed by atoms with Crippen molar-refractivity contribution in [3.8, 4) is 0 Å². The van der Waals surface area contributed by atoms with E-state index in [1.165, 1.54) is 16.7 Å². The first-order chi connectivity index (χ1) is 12.5. The molecule has 7 heteroatoms. The van der Waals surface area contributed by atoms with Gasteiger partial charge in [0.05, 0.1) is 4.47 Å². The van der Waals surface area contributed by atoms with Gasteiger partial charge >= 0.3 is 0 Å². The number of rotatable bonds is 6. The monoisotopic (exact) mass is 432 g/mol. The minimum atomic E-state index is -3.99. The summed E-state index contributed by atoms with van der Waals surface area (Å²) in [6.45, 7) is 0.341. The van der Waals surface area contributed by atoms with Crippen molar-refractivity contribution in [2.45, 2.75) is 18.0 Å². The lowest BCUT2D eigenvalue weighted by molar-refractivity contribution is 0.400. The second-order valence-corrected chi connectivity index (χ2v) is 8.50. The van der Waals surface area contributed by atoms with E-state index in [1.54, 1.807) is 0 Å². The van der Waals surface area contributed by atoms with Crippen LogP contribution in [0.1, 0.15) is 11.1 Å². The van der Waals surface area contributed by atoms with Crippen LogP contribution in [-0.4, -0.2) is 17.7 Å². The lowest BCUT2D eigenvalue weighted by atomic mass is 10.2. The number of nitrogens with one attached hydrogen (secondary N) is 1. The molecular formula is C19H17BrN2O3S. The Kier molecular flexibility index (Phi) is 5.70. The summed E-state index contributed by atoms with van der Waals surface area (Å²) in [5, 5.41) is 0. The third kappa shape index (κ3) is 4.12. The molecular weight excluding hydrogens is 416 g/mol. The average molecular weight is 433 g/mol. The van der Waals surface area contributed by atoms with Gasteiger partial charge in [0.2, 0.25) is 15.5 Å². The highest BCUT2D eigenvalue weighted by Gasteiger charge is 2.28. The summed E-state index contributed by atoms with van der Waals surface area (Å²) in [6.07, 6.45) is 2.64.